The van der Waals surface area contributed by atoms with Crippen LogP contribution >= 0.6 is 22.9 Å². The topological polar surface area (TPSA) is 45.2 Å². The van der Waals surface area contributed by atoms with E-state index in [-0.39, 0.29) is 11.8 Å². The number of thiazole rings is 1. The second kappa shape index (κ2) is 5.23. The maximum atomic E-state index is 11.6. The van der Waals surface area contributed by atoms with Gasteiger partial charge in [-0.3, -0.25) is 4.79 Å². The van der Waals surface area contributed by atoms with Crippen LogP contribution in [0.1, 0.15) is 26.7 Å². The average molecular weight is 274 g/mol. The minimum Gasteiger partial charge on any atom is -0.361 e. The molecule has 1 aliphatic heterocycles. The molecule has 0 bridgehead atoms. The molecule has 1 aromatic rings. The van der Waals surface area contributed by atoms with Crippen molar-refractivity contribution in [2.75, 3.05) is 23.3 Å². The summed E-state index contributed by atoms with van der Waals surface area (Å²) in [6, 6.07) is 0. The number of nitrogens with zero attached hydrogens (tertiary/aromatic N) is 2. The van der Waals surface area contributed by atoms with Crippen molar-refractivity contribution in [1.29, 1.82) is 0 Å². The molecule has 1 amide bonds. The summed E-state index contributed by atoms with van der Waals surface area (Å²) < 4.78 is 0. The number of anilines is 2. The second-order valence-electron chi connectivity index (χ2n) is 4.45. The Balaban J connectivity index is 2.10. The molecule has 0 saturated carbocycles. The number of hydrogen-bond acceptors (Lipinski definition) is 4. The number of rotatable bonds is 3. The number of carbonyl (C=O) groups excluding carboxylic acids is 1. The first-order valence-electron chi connectivity index (χ1n) is 5.80. The molecule has 0 unspecified atom stereocenters. The first-order valence-corrected chi connectivity index (χ1v) is 6.99. The van der Waals surface area contributed by atoms with Gasteiger partial charge in [-0.25, -0.2) is 4.98 Å². The lowest BCUT2D eigenvalue weighted by Gasteiger charge is -2.13. The normalized spacial score (nSPS) is 15.6. The molecule has 1 aliphatic rings. The zero-order valence-electron chi connectivity index (χ0n) is 9.99. The first kappa shape index (κ1) is 12.6. The average Bonchev–Trinajstić information content (AvgIpc) is 2.87. The van der Waals surface area contributed by atoms with E-state index in [0.717, 1.165) is 18.1 Å². The van der Waals surface area contributed by atoms with E-state index in [1.54, 1.807) is 0 Å². The Morgan fingerprint density at radius 2 is 2.12 bits per heavy atom. The molecular formula is C11H16ClN3OS. The quantitative estimate of drug-likeness (QED) is 0.921. The summed E-state index contributed by atoms with van der Waals surface area (Å²) in [6.07, 6.45) is 2.39. The van der Waals surface area contributed by atoms with E-state index in [4.69, 9.17) is 11.6 Å². The van der Waals surface area contributed by atoms with Gasteiger partial charge < -0.3 is 10.2 Å². The fourth-order valence-corrected chi connectivity index (χ4v) is 3.00. The second-order valence-corrected chi connectivity index (χ2v) is 5.79. The van der Waals surface area contributed by atoms with Gasteiger partial charge in [0.15, 0.2) is 10.3 Å². The minimum atomic E-state index is -0.0482. The van der Waals surface area contributed by atoms with Crippen molar-refractivity contribution < 1.29 is 4.79 Å². The van der Waals surface area contributed by atoms with Crippen LogP contribution in [0.5, 0.6) is 0 Å². The highest BCUT2D eigenvalue weighted by atomic mass is 35.5. The van der Waals surface area contributed by atoms with Crippen LogP contribution in [0.25, 0.3) is 0 Å². The van der Waals surface area contributed by atoms with Gasteiger partial charge in [-0.05, 0) is 12.8 Å². The van der Waals surface area contributed by atoms with Gasteiger partial charge in [-0.2, -0.15) is 0 Å². The van der Waals surface area contributed by atoms with Gasteiger partial charge >= 0.3 is 0 Å². The third-order valence-corrected chi connectivity index (χ3v) is 4.12. The van der Waals surface area contributed by atoms with E-state index >= 15 is 0 Å². The summed E-state index contributed by atoms with van der Waals surface area (Å²) in [4.78, 5) is 18.0. The molecule has 94 valence electrons. The fourth-order valence-electron chi connectivity index (χ4n) is 1.71. The summed E-state index contributed by atoms with van der Waals surface area (Å²) in [5, 5.41) is 4.85. The molecule has 0 spiro atoms. The number of hydrogen-bond donors (Lipinski definition) is 1. The SMILES string of the molecule is CC(C)C(=O)Nc1nc(Cl)c(N2CCCC2)s1. The molecule has 1 saturated heterocycles. The van der Waals surface area contributed by atoms with Crippen molar-refractivity contribution in [3.63, 3.8) is 0 Å². The van der Waals surface area contributed by atoms with Crippen molar-refractivity contribution in [2.45, 2.75) is 26.7 Å². The summed E-state index contributed by atoms with van der Waals surface area (Å²) in [6.45, 7) is 5.76. The molecule has 2 heterocycles. The highest BCUT2D eigenvalue weighted by Crippen LogP contribution is 2.37. The van der Waals surface area contributed by atoms with Crippen LogP contribution in [0.4, 0.5) is 10.1 Å². The third-order valence-electron chi connectivity index (χ3n) is 2.72. The van der Waals surface area contributed by atoms with Crippen LogP contribution in [0, 0.1) is 5.92 Å². The van der Waals surface area contributed by atoms with Crippen LogP contribution in [-0.4, -0.2) is 24.0 Å². The lowest BCUT2D eigenvalue weighted by molar-refractivity contribution is -0.118. The number of halogens is 1. The van der Waals surface area contributed by atoms with Crippen molar-refractivity contribution in [1.82, 2.24) is 4.98 Å². The van der Waals surface area contributed by atoms with E-state index < -0.39 is 0 Å². The van der Waals surface area contributed by atoms with Crippen LogP contribution in [0.3, 0.4) is 0 Å². The molecular weight excluding hydrogens is 258 g/mol. The molecule has 0 aliphatic carbocycles. The van der Waals surface area contributed by atoms with Gasteiger partial charge in [0.1, 0.15) is 5.00 Å². The molecule has 4 nitrogen and oxygen atoms in total. The molecule has 1 N–H and O–H groups in total. The van der Waals surface area contributed by atoms with Crippen molar-refractivity contribution in [2.24, 2.45) is 5.92 Å². The number of aromatic nitrogens is 1. The third kappa shape index (κ3) is 2.90. The van der Waals surface area contributed by atoms with Gasteiger partial charge in [0.05, 0.1) is 0 Å². The van der Waals surface area contributed by atoms with Gasteiger partial charge in [0.25, 0.3) is 0 Å². The summed E-state index contributed by atoms with van der Waals surface area (Å²) >= 11 is 7.55. The Hall–Kier alpha value is -0.810. The first-order chi connectivity index (χ1) is 8.08. The molecule has 1 fully saturated rings. The lowest BCUT2D eigenvalue weighted by atomic mass is 10.2. The Bertz CT molecular complexity index is 413. The zero-order chi connectivity index (χ0) is 12.4. The smallest absolute Gasteiger partial charge is 0.228 e. The maximum absolute atomic E-state index is 11.6. The van der Waals surface area contributed by atoms with Gasteiger partial charge in [0.2, 0.25) is 5.91 Å². The van der Waals surface area contributed by atoms with Crippen molar-refractivity contribution in [3.8, 4) is 0 Å². The van der Waals surface area contributed by atoms with E-state index in [9.17, 15) is 4.79 Å². The highest BCUT2D eigenvalue weighted by Gasteiger charge is 2.20. The largest absolute Gasteiger partial charge is 0.361 e. The van der Waals surface area contributed by atoms with Gasteiger partial charge in [0, 0.05) is 19.0 Å². The summed E-state index contributed by atoms with van der Waals surface area (Å²) in [5.74, 6) is -0.0729. The van der Waals surface area contributed by atoms with Crippen LogP contribution in [0.2, 0.25) is 5.15 Å². The van der Waals surface area contributed by atoms with Crippen LogP contribution in [0.15, 0.2) is 0 Å². The van der Waals surface area contributed by atoms with E-state index in [2.05, 4.69) is 15.2 Å². The van der Waals surface area contributed by atoms with Crippen LogP contribution in [-0.2, 0) is 4.79 Å². The molecule has 0 radical (unpaired) electrons. The molecule has 0 aromatic carbocycles. The number of carbonyl (C=O) groups is 1. The predicted octanol–water partition coefficient (Wildman–Crippen LogP) is 2.99. The fraction of sp³-hybridized carbons (Fsp3) is 0.636. The monoisotopic (exact) mass is 273 g/mol. The van der Waals surface area contributed by atoms with Crippen molar-refractivity contribution >= 4 is 39.0 Å². The predicted molar refractivity (Wildman–Crippen MR) is 72.0 cm³/mol. The molecule has 0 atom stereocenters. The highest BCUT2D eigenvalue weighted by molar-refractivity contribution is 7.20. The van der Waals surface area contributed by atoms with Crippen molar-refractivity contribution in [3.05, 3.63) is 5.15 Å². The van der Waals surface area contributed by atoms with Crippen LogP contribution < -0.4 is 10.2 Å². The Morgan fingerprint density at radius 3 is 2.71 bits per heavy atom. The number of nitrogens with one attached hydrogen (secondary N) is 1. The summed E-state index contributed by atoms with van der Waals surface area (Å²) in [7, 11) is 0. The standard InChI is InChI=1S/C11H16ClN3OS/c1-7(2)9(16)14-11-13-8(12)10(17-11)15-5-3-4-6-15/h7H,3-6H2,1-2H3,(H,13,14,16). The van der Waals surface area contributed by atoms with Gasteiger partial charge in [-0.15, -0.1) is 0 Å². The molecule has 6 heteroatoms. The Kier molecular flexibility index (Phi) is 3.89. The maximum Gasteiger partial charge on any atom is 0.228 e. The minimum absolute atomic E-state index is 0.0246. The Labute approximate surface area is 110 Å². The van der Waals surface area contributed by atoms with Gasteiger partial charge in [-0.1, -0.05) is 36.8 Å². The Morgan fingerprint density at radius 1 is 1.47 bits per heavy atom. The van der Waals surface area contributed by atoms with E-state index in [1.165, 1.54) is 24.2 Å². The zero-order valence-corrected chi connectivity index (χ0v) is 11.6. The lowest BCUT2D eigenvalue weighted by Crippen LogP contribution is -2.17. The van der Waals surface area contributed by atoms with E-state index in [0.29, 0.717) is 10.3 Å². The number of amides is 1. The molecule has 2 rings (SSSR count). The molecule has 1 aromatic heterocycles. The molecule has 17 heavy (non-hydrogen) atoms. The van der Waals surface area contributed by atoms with E-state index in [1.807, 2.05) is 13.8 Å². The summed E-state index contributed by atoms with van der Waals surface area (Å²) in [5.41, 5.74) is 0.